The molecule has 3 aromatic heterocycles. The Labute approximate surface area is 150 Å². The summed E-state index contributed by atoms with van der Waals surface area (Å²) in [7, 11) is 1.55. The first-order valence-electron chi connectivity index (χ1n) is 7.10. The summed E-state index contributed by atoms with van der Waals surface area (Å²) in [5.41, 5.74) is 7.03. The van der Waals surface area contributed by atoms with Crippen LogP contribution in [0.25, 0.3) is 28.0 Å². The standard InChI is InChI=1S/C15H11ClN6O2S/c1-23-10-5-4-8(16)7-9(10)22-13(17)12(19-21-22)15-18-14(20-24-15)11-3-2-6-25-11/h2-7H,17H2,1H3. The molecule has 0 unspecified atom stereocenters. The smallest absolute Gasteiger partial charge is 0.282 e. The SMILES string of the molecule is COc1ccc(Cl)cc1-n1nnc(-c2nc(-c3cccs3)no2)c1N. The Morgan fingerprint density at radius 2 is 2.20 bits per heavy atom. The van der Waals surface area contributed by atoms with Gasteiger partial charge in [-0.05, 0) is 29.6 Å². The van der Waals surface area contributed by atoms with Crippen LogP contribution < -0.4 is 10.5 Å². The summed E-state index contributed by atoms with van der Waals surface area (Å²) >= 11 is 7.57. The zero-order valence-corrected chi connectivity index (χ0v) is 14.5. The van der Waals surface area contributed by atoms with Crippen LogP contribution in [0.3, 0.4) is 0 Å². The van der Waals surface area contributed by atoms with Gasteiger partial charge in [-0.3, -0.25) is 0 Å². The summed E-state index contributed by atoms with van der Waals surface area (Å²) in [6.07, 6.45) is 0. The van der Waals surface area contributed by atoms with Gasteiger partial charge >= 0.3 is 0 Å². The van der Waals surface area contributed by atoms with Crippen molar-refractivity contribution in [2.45, 2.75) is 0 Å². The van der Waals surface area contributed by atoms with E-state index in [9.17, 15) is 0 Å². The Bertz CT molecular complexity index is 1030. The summed E-state index contributed by atoms with van der Waals surface area (Å²) < 4.78 is 12.0. The molecule has 4 aromatic rings. The van der Waals surface area contributed by atoms with Crippen molar-refractivity contribution in [3.63, 3.8) is 0 Å². The van der Waals surface area contributed by atoms with E-state index in [1.807, 2.05) is 17.5 Å². The van der Waals surface area contributed by atoms with E-state index in [1.165, 1.54) is 16.0 Å². The number of hydrogen-bond donors (Lipinski definition) is 1. The zero-order chi connectivity index (χ0) is 17.4. The third-order valence-electron chi connectivity index (χ3n) is 3.44. The number of thiophene rings is 1. The van der Waals surface area contributed by atoms with Crippen molar-refractivity contribution in [3.8, 4) is 33.7 Å². The van der Waals surface area contributed by atoms with E-state index in [-0.39, 0.29) is 17.4 Å². The van der Waals surface area contributed by atoms with Crippen LogP contribution in [0.5, 0.6) is 5.75 Å². The number of nitrogens with two attached hydrogens (primary N) is 1. The van der Waals surface area contributed by atoms with E-state index in [2.05, 4.69) is 20.5 Å². The molecule has 10 heteroatoms. The molecule has 4 rings (SSSR count). The highest BCUT2D eigenvalue weighted by atomic mass is 35.5. The molecular formula is C15H11ClN6O2S. The lowest BCUT2D eigenvalue weighted by atomic mass is 10.3. The molecule has 0 aliphatic rings. The molecule has 25 heavy (non-hydrogen) atoms. The molecule has 1 aromatic carbocycles. The monoisotopic (exact) mass is 374 g/mol. The number of halogens is 1. The predicted molar refractivity (Wildman–Crippen MR) is 93.9 cm³/mol. The van der Waals surface area contributed by atoms with Gasteiger partial charge in [-0.15, -0.1) is 16.4 Å². The van der Waals surface area contributed by atoms with Gasteiger partial charge in [-0.1, -0.05) is 28.0 Å². The number of anilines is 1. The Kier molecular flexibility index (Phi) is 3.86. The molecule has 0 atom stereocenters. The van der Waals surface area contributed by atoms with E-state index in [4.69, 9.17) is 26.6 Å². The summed E-state index contributed by atoms with van der Waals surface area (Å²) in [4.78, 5) is 5.22. The van der Waals surface area contributed by atoms with Crippen LogP contribution >= 0.6 is 22.9 Å². The molecule has 0 saturated heterocycles. The quantitative estimate of drug-likeness (QED) is 0.584. The Morgan fingerprint density at radius 1 is 1.32 bits per heavy atom. The van der Waals surface area contributed by atoms with Crippen LogP contribution in [0.15, 0.2) is 40.2 Å². The fourth-order valence-electron chi connectivity index (χ4n) is 2.27. The molecular weight excluding hydrogens is 364 g/mol. The molecule has 0 spiro atoms. The minimum atomic E-state index is 0.188. The Balaban J connectivity index is 1.76. The van der Waals surface area contributed by atoms with E-state index in [0.717, 1.165) is 4.88 Å². The number of rotatable bonds is 4. The van der Waals surface area contributed by atoms with Crippen LogP contribution in [0.1, 0.15) is 0 Å². The molecule has 0 radical (unpaired) electrons. The number of benzene rings is 1. The van der Waals surface area contributed by atoms with Gasteiger partial charge in [0.2, 0.25) is 5.82 Å². The average molecular weight is 375 g/mol. The maximum Gasteiger partial charge on any atom is 0.282 e. The second kappa shape index (κ2) is 6.19. The van der Waals surface area contributed by atoms with E-state index in [0.29, 0.717) is 22.3 Å². The topological polar surface area (TPSA) is 105 Å². The van der Waals surface area contributed by atoms with Crippen LogP contribution in [-0.2, 0) is 0 Å². The lowest BCUT2D eigenvalue weighted by Gasteiger charge is -2.09. The summed E-state index contributed by atoms with van der Waals surface area (Å²) in [5.74, 6) is 1.45. The molecule has 3 heterocycles. The summed E-state index contributed by atoms with van der Waals surface area (Å²) in [6.45, 7) is 0. The maximum atomic E-state index is 6.18. The van der Waals surface area contributed by atoms with Crippen LogP contribution in [0.4, 0.5) is 5.82 Å². The largest absolute Gasteiger partial charge is 0.494 e. The lowest BCUT2D eigenvalue weighted by Crippen LogP contribution is -2.04. The van der Waals surface area contributed by atoms with Gasteiger partial charge in [0.05, 0.1) is 12.0 Å². The number of nitrogen functional groups attached to an aromatic ring is 1. The fraction of sp³-hybridized carbons (Fsp3) is 0.0667. The van der Waals surface area contributed by atoms with Gasteiger partial charge in [0.1, 0.15) is 11.4 Å². The van der Waals surface area contributed by atoms with Crippen molar-refractivity contribution in [3.05, 3.63) is 40.7 Å². The van der Waals surface area contributed by atoms with E-state index >= 15 is 0 Å². The molecule has 2 N–H and O–H groups in total. The fourth-order valence-corrected chi connectivity index (χ4v) is 3.09. The molecule has 0 amide bonds. The molecule has 8 nitrogen and oxygen atoms in total. The molecule has 0 bridgehead atoms. The molecule has 0 saturated carbocycles. The van der Waals surface area contributed by atoms with E-state index in [1.54, 1.807) is 25.3 Å². The molecule has 0 aliphatic heterocycles. The lowest BCUT2D eigenvalue weighted by molar-refractivity contribution is 0.411. The van der Waals surface area contributed by atoms with Gasteiger partial charge in [0.15, 0.2) is 11.5 Å². The third-order valence-corrected chi connectivity index (χ3v) is 4.55. The first-order chi connectivity index (χ1) is 12.2. The number of methoxy groups -OCH3 is 1. The minimum absolute atomic E-state index is 0.188. The summed E-state index contributed by atoms with van der Waals surface area (Å²) in [6, 6.07) is 8.92. The van der Waals surface area contributed by atoms with Gasteiger partial charge in [-0.2, -0.15) is 9.67 Å². The minimum Gasteiger partial charge on any atom is -0.494 e. The summed E-state index contributed by atoms with van der Waals surface area (Å²) in [5, 5.41) is 14.5. The van der Waals surface area contributed by atoms with Crippen molar-refractivity contribution in [2.75, 3.05) is 12.8 Å². The zero-order valence-electron chi connectivity index (χ0n) is 12.9. The molecule has 0 aliphatic carbocycles. The number of aromatic nitrogens is 5. The van der Waals surface area contributed by atoms with Crippen LogP contribution in [0.2, 0.25) is 5.02 Å². The first-order valence-corrected chi connectivity index (χ1v) is 8.36. The average Bonchev–Trinajstić information content (AvgIpc) is 3.35. The number of hydrogen-bond acceptors (Lipinski definition) is 8. The van der Waals surface area contributed by atoms with Crippen molar-refractivity contribution in [1.29, 1.82) is 0 Å². The third kappa shape index (κ3) is 2.73. The van der Waals surface area contributed by atoms with Gasteiger partial charge in [0, 0.05) is 5.02 Å². The Hall–Kier alpha value is -2.91. The van der Waals surface area contributed by atoms with Gasteiger partial charge in [-0.25, -0.2) is 0 Å². The van der Waals surface area contributed by atoms with Gasteiger partial charge < -0.3 is 15.0 Å². The number of nitrogens with zero attached hydrogens (tertiary/aromatic N) is 5. The second-order valence-corrected chi connectivity index (χ2v) is 6.34. The highest BCUT2D eigenvalue weighted by molar-refractivity contribution is 7.13. The van der Waals surface area contributed by atoms with E-state index < -0.39 is 0 Å². The maximum absolute atomic E-state index is 6.18. The van der Waals surface area contributed by atoms with Crippen molar-refractivity contribution in [1.82, 2.24) is 25.1 Å². The predicted octanol–water partition coefficient (Wildman–Crippen LogP) is 3.29. The molecule has 0 fully saturated rings. The highest BCUT2D eigenvalue weighted by Crippen LogP contribution is 2.31. The van der Waals surface area contributed by atoms with Gasteiger partial charge in [0.25, 0.3) is 5.89 Å². The Morgan fingerprint density at radius 3 is 2.96 bits per heavy atom. The van der Waals surface area contributed by atoms with Crippen molar-refractivity contribution >= 4 is 28.8 Å². The number of ether oxygens (including phenoxy) is 1. The van der Waals surface area contributed by atoms with Crippen molar-refractivity contribution < 1.29 is 9.26 Å². The highest BCUT2D eigenvalue weighted by Gasteiger charge is 2.21. The second-order valence-electron chi connectivity index (χ2n) is 4.95. The van der Waals surface area contributed by atoms with Crippen molar-refractivity contribution in [2.24, 2.45) is 0 Å². The van der Waals surface area contributed by atoms with Crippen LogP contribution in [0, 0.1) is 0 Å². The van der Waals surface area contributed by atoms with Crippen LogP contribution in [-0.4, -0.2) is 32.2 Å². The molecule has 126 valence electrons. The normalized spacial score (nSPS) is 11.0. The first kappa shape index (κ1) is 15.6.